The van der Waals surface area contributed by atoms with Crippen molar-refractivity contribution in [3.63, 3.8) is 0 Å². The fourth-order valence-corrected chi connectivity index (χ4v) is 2.50. The Morgan fingerprint density at radius 3 is 2.95 bits per heavy atom. The summed E-state index contributed by atoms with van der Waals surface area (Å²) < 4.78 is 0. The molecule has 2 unspecified atom stereocenters. The lowest BCUT2D eigenvalue weighted by Gasteiger charge is -2.37. The first kappa shape index (κ1) is 14.4. The van der Waals surface area contributed by atoms with Crippen molar-refractivity contribution >= 4 is 12.0 Å². The number of urea groups is 1. The van der Waals surface area contributed by atoms with Crippen LogP contribution >= 0.6 is 0 Å². The number of carbonyl (C=O) groups excluding carboxylic acids is 1. The molecule has 0 aliphatic carbocycles. The number of aromatic amines is 1. The van der Waals surface area contributed by atoms with Gasteiger partial charge in [-0.2, -0.15) is 0 Å². The van der Waals surface area contributed by atoms with E-state index in [0.717, 1.165) is 6.42 Å². The molecule has 1 aromatic rings. The first-order chi connectivity index (χ1) is 9.49. The fourth-order valence-electron chi connectivity index (χ4n) is 2.50. The third-order valence-electron chi connectivity index (χ3n) is 3.66. The van der Waals surface area contributed by atoms with Gasteiger partial charge in [0.1, 0.15) is 11.9 Å². The van der Waals surface area contributed by atoms with Crippen molar-refractivity contribution in [3.8, 4) is 0 Å². The second kappa shape index (κ2) is 5.94. The van der Waals surface area contributed by atoms with E-state index in [4.69, 9.17) is 0 Å². The van der Waals surface area contributed by atoms with Crippen molar-refractivity contribution in [2.24, 2.45) is 5.92 Å². The van der Waals surface area contributed by atoms with Crippen LogP contribution in [0.15, 0.2) is 12.4 Å². The number of carboxylic acid groups (broad SMARTS) is 1. The van der Waals surface area contributed by atoms with E-state index >= 15 is 0 Å². The van der Waals surface area contributed by atoms with E-state index in [2.05, 4.69) is 9.97 Å². The van der Waals surface area contributed by atoms with Crippen LogP contribution in [0.1, 0.15) is 25.6 Å². The Balaban J connectivity index is 2.04. The Bertz CT molecular complexity index is 474. The second-order valence-corrected chi connectivity index (χ2v) is 5.35. The molecule has 1 aliphatic heterocycles. The van der Waals surface area contributed by atoms with Crippen molar-refractivity contribution in [1.82, 2.24) is 19.8 Å². The van der Waals surface area contributed by atoms with Crippen LogP contribution in [0.5, 0.6) is 0 Å². The number of carbonyl (C=O) groups is 2. The Hall–Kier alpha value is -2.05. The van der Waals surface area contributed by atoms with E-state index in [0.29, 0.717) is 31.3 Å². The number of hydrogen-bond acceptors (Lipinski definition) is 3. The van der Waals surface area contributed by atoms with Gasteiger partial charge in [-0.25, -0.2) is 14.6 Å². The summed E-state index contributed by atoms with van der Waals surface area (Å²) in [4.78, 5) is 33.6. The number of piperidine rings is 1. The number of aliphatic carboxylic acids is 1. The molecule has 0 saturated carbocycles. The molecule has 2 heterocycles. The molecule has 20 heavy (non-hydrogen) atoms. The predicted molar refractivity (Wildman–Crippen MR) is 72.0 cm³/mol. The van der Waals surface area contributed by atoms with Crippen molar-refractivity contribution in [1.29, 1.82) is 0 Å². The van der Waals surface area contributed by atoms with Gasteiger partial charge >= 0.3 is 12.0 Å². The van der Waals surface area contributed by atoms with Crippen molar-refractivity contribution in [2.75, 3.05) is 13.6 Å². The molecule has 0 aromatic carbocycles. The van der Waals surface area contributed by atoms with Crippen LogP contribution < -0.4 is 0 Å². The summed E-state index contributed by atoms with van der Waals surface area (Å²) >= 11 is 0. The van der Waals surface area contributed by atoms with Gasteiger partial charge in [0.25, 0.3) is 0 Å². The van der Waals surface area contributed by atoms with Gasteiger partial charge in [0.05, 0.1) is 6.54 Å². The van der Waals surface area contributed by atoms with E-state index in [1.165, 1.54) is 9.80 Å². The van der Waals surface area contributed by atoms with Gasteiger partial charge in [0.2, 0.25) is 0 Å². The SMILES string of the molecule is CC1CCN(C(=O)N(C)Cc2ncc[nH]2)C(C(=O)O)C1. The maximum atomic E-state index is 12.4. The van der Waals surface area contributed by atoms with Crippen LogP contribution in [0.4, 0.5) is 4.79 Å². The maximum Gasteiger partial charge on any atom is 0.326 e. The highest BCUT2D eigenvalue weighted by molar-refractivity contribution is 5.82. The molecule has 7 heteroatoms. The van der Waals surface area contributed by atoms with Crippen molar-refractivity contribution in [3.05, 3.63) is 18.2 Å². The largest absolute Gasteiger partial charge is 0.480 e. The van der Waals surface area contributed by atoms with Crippen LogP contribution in [-0.2, 0) is 11.3 Å². The Morgan fingerprint density at radius 1 is 1.60 bits per heavy atom. The summed E-state index contributed by atoms with van der Waals surface area (Å²) in [6.45, 7) is 2.84. The normalized spacial score (nSPS) is 22.6. The quantitative estimate of drug-likeness (QED) is 0.869. The maximum absolute atomic E-state index is 12.4. The van der Waals surface area contributed by atoms with Crippen molar-refractivity contribution < 1.29 is 14.7 Å². The molecule has 2 atom stereocenters. The average Bonchev–Trinajstić information content (AvgIpc) is 2.90. The monoisotopic (exact) mass is 280 g/mol. The molecule has 2 rings (SSSR count). The summed E-state index contributed by atoms with van der Waals surface area (Å²) in [5.41, 5.74) is 0. The molecule has 2 N–H and O–H groups in total. The van der Waals surface area contributed by atoms with E-state index in [-0.39, 0.29) is 6.03 Å². The third-order valence-corrected chi connectivity index (χ3v) is 3.66. The molecule has 7 nitrogen and oxygen atoms in total. The minimum absolute atomic E-state index is 0.263. The van der Waals surface area contributed by atoms with E-state index in [1.807, 2.05) is 6.92 Å². The first-order valence-corrected chi connectivity index (χ1v) is 6.72. The molecule has 1 saturated heterocycles. The fraction of sp³-hybridized carbons (Fsp3) is 0.615. The summed E-state index contributed by atoms with van der Waals surface area (Å²) in [7, 11) is 1.65. The predicted octanol–water partition coefficient (Wildman–Crippen LogP) is 1.15. The number of nitrogens with zero attached hydrogens (tertiary/aromatic N) is 3. The molecule has 1 fully saturated rings. The lowest BCUT2D eigenvalue weighted by atomic mass is 9.93. The van der Waals surface area contributed by atoms with E-state index < -0.39 is 12.0 Å². The molecule has 1 aliphatic rings. The van der Waals surface area contributed by atoms with Gasteiger partial charge in [-0.1, -0.05) is 6.92 Å². The van der Waals surface area contributed by atoms with Crippen molar-refractivity contribution in [2.45, 2.75) is 32.4 Å². The zero-order valence-corrected chi connectivity index (χ0v) is 11.7. The number of hydrogen-bond donors (Lipinski definition) is 2. The van der Waals surface area contributed by atoms with Crippen LogP contribution in [0, 0.1) is 5.92 Å². The minimum atomic E-state index is -0.934. The number of nitrogens with one attached hydrogen (secondary N) is 1. The summed E-state index contributed by atoms with van der Waals surface area (Å²) in [6.07, 6.45) is 4.66. The summed E-state index contributed by atoms with van der Waals surface area (Å²) in [5, 5.41) is 9.28. The van der Waals surface area contributed by atoms with E-state index in [1.54, 1.807) is 19.4 Å². The zero-order valence-electron chi connectivity index (χ0n) is 11.7. The van der Waals surface area contributed by atoms with Gasteiger partial charge < -0.3 is 19.9 Å². The Labute approximate surface area is 117 Å². The number of imidazole rings is 1. The molecule has 0 radical (unpaired) electrons. The van der Waals surface area contributed by atoms with Gasteiger partial charge in [-0.15, -0.1) is 0 Å². The molecule has 0 spiro atoms. The molecular formula is C13H20N4O3. The van der Waals surface area contributed by atoms with E-state index in [9.17, 15) is 14.7 Å². The van der Waals surface area contributed by atoms with Gasteiger partial charge in [0.15, 0.2) is 0 Å². The van der Waals surface area contributed by atoms with Crippen LogP contribution in [-0.4, -0.2) is 56.5 Å². The van der Waals surface area contributed by atoms with Crippen LogP contribution in [0.3, 0.4) is 0 Å². The minimum Gasteiger partial charge on any atom is -0.480 e. The average molecular weight is 280 g/mol. The number of carboxylic acids is 1. The molecule has 1 aromatic heterocycles. The number of amides is 2. The summed E-state index contributed by atoms with van der Waals surface area (Å²) in [6, 6.07) is -0.994. The highest BCUT2D eigenvalue weighted by Crippen LogP contribution is 2.23. The number of H-pyrrole nitrogens is 1. The zero-order chi connectivity index (χ0) is 14.7. The lowest BCUT2D eigenvalue weighted by Crippen LogP contribution is -2.53. The lowest BCUT2D eigenvalue weighted by molar-refractivity contribution is -0.144. The molecule has 110 valence electrons. The molecule has 2 amide bonds. The summed E-state index contributed by atoms with van der Waals surface area (Å²) in [5.74, 6) is 0.0740. The molecular weight excluding hydrogens is 260 g/mol. The smallest absolute Gasteiger partial charge is 0.326 e. The number of aromatic nitrogens is 2. The van der Waals surface area contributed by atoms with Gasteiger partial charge in [0, 0.05) is 26.0 Å². The van der Waals surface area contributed by atoms with Gasteiger partial charge in [-0.05, 0) is 18.8 Å². The third kappa shape index (κ3) is 3.09. The number of likely N-dealkylation sites (tertiary alicyclic amines) is 1. The first-order valence-electron chi connectivity index (χ1n) is 6.72. The van der Waals surface area contributed by atoms with Gasteiger partial charge in [-0.3, -0.25) is 0 Å². The number of rotatable bonds is 3. The highest BCUT2D eigenvalue weighted by Gasteiger charge is 2.36. The topological polar surface area (TPSA) is 89.5 Å². The standard InChI is InChI=1S/C13H20N4O3/c1-9-3-6-17(10(7-9)12(18)19)13(20)16(2)8-11-14-4-5-15-11/h4-5,9-10H,3,6-8H2,1-2H3,(H,14,15)(H,18,19). The Morgan fingerprint density at radius 2 is 2.35 bits per heavy atom. The van der Waals surface area contributed by atoms with Crippen LogP contribution in [0.25, 0.3) is 0 Å². The second-order valence-electron chi connectivity index (χ2n) is 5.35. The Kier molecular flexibility index (Phi) is 4.26. The van der Waals surface area contributed by atoms with Crippen LogP contribution in [0.2, 0.25) is 0 Å². The molecule has 0 bridgehead atoms. The highest BCUT2D eigenvalue weighted by atomic mass is 16.4.